The largest absolute Gasteiger partial charge is 0.302 e. The Balaban J connectivity index is 2.08. The van der Waals surface area contributed by atoms with E-state index in [4.69, 9.17) is 0 Å². The van der Waals surface area contributed by atoms with E-state index in [1.165, 1.54) is 11.4 Å². The van der Waals surface area contributed by atoms with E-state index in [0.717, 1.165) is 25.2 Å². The summed E-state index contributed by atoms with van der Waals surface area (Å²) < 4.78 is 2.23. The van der Waals surface area contributed by atoms with Gasteiger partial charge in [-0.25, -0.2) is 4.98 Å². The zero-order valence-electron chi connectivity index (χ0n) is 9.85. The van der Waals surface area contributed by atoms with Gasteiger partial charge in [0.2, 0.25) is 0 Å². The van der Waals surface area contributed by atoms with Crippen LogP contribution in [-0.2, 0) is 13.0 Å². The van der Waals surface area contributed by atoms with Gasteiger partial charge in [-0.1, -0.05) is 6.07 Å². The lowest BCUT2D eigenvalue weighted by molar-refractivity contribution is 0.199. The van der Waals surface area contributed by atoms with E-state index in [1.54, 1.807) is 0 Å². The van der Waals surface area contributed by atoms with Crippen molar-refractivity contribution >= 4 is 5.65 Å². The predicted molar refractivity (Wildman–Crippen MR) is 64.4 cm³/mol. The number of rotatable bonds is 1. The molecule has 0 aliphatic carbocycles. The molecule has 0 aromatic carbocycles. The molecule has 16 heavy (non-hydrogen) atoms. The van der Waals surface area contributed by atoms with Crippen LogP contribution in [0.15, 0.2) is 24.4 Å². The Kier molecular flexibility index (Phi) is 2.21. The summed E-state index contributed by atoms with van der Waals surface area (Å²) in [5, 5.41) is 0. The van der Waals surface area contributed by atoms with E-state index < -0.39 is 0 Å². The molecule has 0 N–H and O–H groups in total. The highest BCUT2D eigenvalue weighted by molar-refractivity contribution is 5.43. The molecular formula is C13H17N3. The highest BCUT2D eigenvalue weighted by Gasteiger charge is 2.22. The average Bonchev–Trinajstić information content (AvgIpc) is 2.66. The molecule has 1 aliphatic heterocycles. The molecule has 0 bridgehead atoms. The molecule has 0 spiro atoms. The lowest BCUT2D eigenvalue weighted by Gasteiger charge is -2.29. The summed E-state index contributed by atoms with van der Waals surface area (Å²) in [6, 6.07) is 6.82. The number of nitrogens with zero attached hydrogens (tertiary/aromatic N) is 3. The number of hydrogen-bond donors (Lipinski definition) is 0. The van der Waals surface area contributed by atoms with Crippen molar-refractivity contribution in [3.63, 3.8) is 0 Å². The molecule has 0 saturated carbocycles. The van der Waals surface area contributed by atoms with Crippen molar-refractivity contribution in [2.45, 2.75) is 32.9 Å². The molecule has 3 nitrogen and oxygen atoms in total. The van der Waals surface area contributed by atoms with Gasteiger partial charge in [-0.05, 0) is 26.0 Å². The number of hydrogen-bond acceptors (Lipinski definition) is 2. The topological polar surface area (TPSA) is 20.5 Å². The van der Waals surface area contributed by atoms with Crippen LogP contribution in [0.25, 0.3) is 5.65 Å². The van der Waals surface area contributed by atoms with Crippen molar-refractivity contribution in [1.82, 2.24) is 14.3 Å². The second-order valence-electron chi connectivity index (χ2n) is 4.75. The molecule has 84 valence electrons. The van der Waals surface area contributed by atoms with Crippen molar-refractivity contribution in [2.75, 3.05) is 6.54 Å². The van der Waals surface area contributed by atoms with Gasteiger partial charge in [0.25, 0.3) is 0 Å². The highest BCUT2D eigenvalue weighted by atomic mass is 15.2. The van der Waals surface area contributed by atoms with Gasteiger partial charge >= 0.3 is 0 Å². The third-order valence-corrected chi connectivity index (χ3v) is 3.43. The minimum atomic E-state index is 0.613. The van der Waals surface area contributed by atoms with Crippen LogP contribution in [0, 0.1) is 0 Å². The number of imidazole rings is 1. The molecule has 0 unspecified atom stereocenters. The zero-order valence-corrected chi connectivity index (χ0v) is 9.85. The molecule has 0 atom stereocenters. The first-order valence-corrected chi connectivity index (χ1v) is 5.94. The minimum absolute atomic E-state index is 0.613. The van der Waals surface area contributed by atoms with Crippen molar-refractivity contribution < 1.29 is 0 Å². The maximum Gasteiger partial charge on any atom is 0.137 e. The summed E-state index contributed by atoms with van der Waals surface area (Å²) in [6.45, 7) is 6.68. The first kappa shape index (κ1) is 9.85. The SMILES string of the molecule is CC(C)N1CCc2nc3ccccn3c2C1. The highest BCUT2D eigenvalue weighted by Crippen LogP contribution is 2.21. The lowest BCUT2D eigenvalue weighted by atomic mass is 10.1. The molecule has 2 aromatic rings. The van der Waals surface area contributed by atoms with Crippen LogP contribution in [0.2, 0.25) is 0 Å². The summed E-state index contributed by atoms with van der Waals surface area (Å²) in [4.78, 5) is 7.19. The van der Waals surface area contributed by atoms with E-state index in [1.807, 2.05) is 6.07 Å². The molecule has 0 radical (unpaired) electrons. The number of pyridine rings is 1. The molecule has 3 heterocycles. The summed E-state index contributed by atoms with van der Waals surface area (Å²) in [5.74, 6) is 0. The van der Waals surface area contributed by atoms with Crippen LogP contribution < -0.4 is 0 Å². The molecular weight excluding hydrogens is 198 g/mol. The summed E-state index contributed by atoms with van der Waals surface area (Å²) in [6.07, 6.45) is 3.19. The van der Waals surface area contributed by atoms with Gasteiger partial charge in [0.1, 0.15) is 5.65 Å². The lowest BCUT2D eigenvalue weighted by Crippen LogP contribution is -2.36. The average molecular weight is 215 g/mol. The Bertz CT molecular complexity index is 513. The molecule has 0 amide bonds. The van der Waals surface area contributed by atoms with E-state index in [0.29, 0.717) is 6.04 Å². The standard InChI is InChI=1S/C13H17N3/c1-10(2)15-8-6-11-12(9-15)16-7-4-3-5-13(16)14-11/h3-5,7,10H,6,8-9H2,1-2H3. The first-order chi connectivity index (χ1) is 7.75. The maximum absolute atomic E-state index is 4.68. The van der Waals surface area contributed by atoms with Crippen LogP contribution in [-0.4, -0.2) is 26.9 Å². The normalized spacial score (nSPS) is 16.9. The van der Waals surface area contributed by atoms with Gasteiger partial charge < -0.3 is 4.40 Å². The van der Waals surface area contributed by atoms with Crippen molar-refractivity contribution in [3.05, 3.63) is 35.8 Å². The fourth-order valence-corrected chi connectivity index (χ4v) is 2.42. The van der Waals surface area contributed by atoms with Crippen LogP contribution >= 0.6 is 0 Å². The smallest absolute Gasteiger partial charge is 0.137 e. The van der Waals surface area contributed by atoms with E-state index in [2.05, 4.69) is 46.5 Å². The van der Waals surface area contributed by atoms with Crippen molar-refractivity contribution in [2.24, 2.45) is 0 Å². The van der Waals surface area contributed by atoms with E-state index >= 15 is 0 Å². The molecule has 2 aromatic heterocycles. The van der Waals surface area contributed by atoms with Crippen LogP contribution in [0.4, 0.5) is 0 Å². The summed E-state index contributed by atoms with van der Waals surface area (Å²) >= 11 is 0. The summed E-state index contributed by atoms with van der Waals surface area (Å²) in [5.41, 5.74) is 3.73. The fraction of sp³-hybridized carbons (Fsp3) is 0.462. The minimum Gasteiger partial charge on any atom is -0.302 e. The van der Waals surface area contributed by atoms with Gasteiger partial charge in [-0.2, -0.15) is 0 Å². The van der Waals surface area contributed by atoms with Crippen molar-refractivity contribution in [3.8, 4) is 0 Å². The maximum atomic E-state index is 4.68. The molecule has 0 fully saturated rings. The van der Waals surface area contributed by atoms with Crippen LogP contribution in [0.1, 0.15) is 25.2 Å². The molecule has 3 heteroatoms. The zero-order chi connectivity index (χ0) is 11.1. The number of fused-ring (bicyclic) bond motifs is 3. The second-order valence-corrected chi connectivity index (χ2v) is 4.75. The van der Waals surface area contributed by atoms with Gasteiger partial charge in [0.05, 0.1) is 11.4 Å². The quantitative estimate of drug-likeness (QED) is 0.726. The fourth-order valence-electron chi connectivity index (χ4n) is 2.42. The Morgan fingerprint density at radius 3 is 3.00 bits per heavy atom. The molecule has 1 aliphatic rings. The third-order valence-electron chi connectivity index (χ3n) is 3.43. The number of aromatic nitrogens is 2. The van der Waals surface area contributed by atoms with Gasteiger partial charge in [-0.15, -0.1) is 0 Å². The van der Waals surface area contributed by atoms with E-state index in [-0.39, 0.29) is 0 Å². The van der Waals surface area contributed by atoms with Crippen molar-refractivity contribution in [1.29, 1.82) is 0 Å². The van der Waals surface area contributed by atoms with E-state index in [9.17, 15) is 0 Å². The summed E-state index contributed by atoms with van der Waals surface area (Å²) in [7, 11) is 0. The van der Waals surface area contributed by atoms with Crippen LogP contribution in [0.3, 0.4) is 0 Å². The van der Waals surface area contributed by atoms with Crippen LogP contribution in [0.5, 0.6) is 0 Å². The van der Waals surface area contributed by atoms with Gasteiger partial charge in [-0.3, -0.25) is 4.90 Å². The van der Waals surface area contributed by atoms with Gasteiger partial charge in [0.15, 0.2) is 0 Å². The van der Waals surface area contributed by atoms with Gasteiger partial charge in [0, 0.05) is 31.7 Å². The monoisotopic (exact) mass is 215 g/mol. The first-order valence-electron chi connectivity index (χ1n) is 5.94. The third kappa shape index (κ3) is 1.43. The Morgan fingerprint density at radius 1 is 1.31 bits per heavy atom. The predicted octanol–water partition coefficient (Wildman–Crippen LogP) is 2.10. The molecule has 3 rings (SSSR count). The second kappa shape index (κ2) is 3.59. The molecule has 0 saturated heterocycles. The Labute approximate surface area is 95.7 Å². The Morgan fingerprint density at radius 2 is 2.19 bits per heavy atom. The Hall–Kier alpha value is -1.35.